The van der Waals surface area contributed by atoms with Gasteiger partial charge >= 0.3 is 0 Å². The van der Waals surface area contributed by atoms with Crippen molar-refractivity contribution in [2.75, 3.05) is 25.6 Å². The van der Waals surface area contributed by atoms with Crippen LogP contribution in [0.4, 0.5) is 10.1 Å². The van der Waals surface area contributed by atoms with Crippen LogP contribution in [-0.2, 0) is 16.1 Å². The van der Waals surface area contributed by atoms with Crippen LogP contribution in [0.25, 0.3) is 6.08 Å². The molecule has 2 heterocycles. The second-order valence-electron chi connectivity index (χ2n) is 10.8. The SMILES string of the molecule is COc1cc(/C=N\N=C2\S/C(=C\c3cc(Cl)ccc3OCC(=O)Nc3ccc(F)cc3)C(=O)N2Cc2ccco2)ccc1OCC(C)C. The van der Waals surface area contributed by atoms with Gasteiger partial charge in [0.2, 0.25) is 0 Å². The average Bonchev–Trinajstić information content (AvgIpc) is 3.69. The van der Waals surface area contributed by atoms with Crippen molar-refractivity contribution in [2.24, 2.45) is 16.1 Å². The number of amidine groups is 1. The summed E-state index contributed by atoms with van der Waals surface area (Å²) in [6, 6.07) is 19.2. The summed E-state index contributed by atoms with van der Waals surface area (Å²) >= 11 is 7.41. The Morgan fingerprint density at radius 2 is 1.85 bits per heavy atom. The summed E-state index contributed by atoms with van der Waals surface area (Å²) < 4.78 is 35.8. The predicted octanol–water partition coefficient (Wildman–Crippen LogP) is 7.64. The molecular weight excluding hydrogens is 659 g/mol. The summed E-state index contributed by atoms with van der Waals surface area (Å²) in [5.41, 5.74) is 1.62. The van der Waals surface area contributed by atoms with Gasteiger partial charge in [0.05, 0.1) is 37.6 Å². The zero-order valence-corrected chi connectivity index (χ0v) is 27.9. The number of hydrogen-bond acceptors (Lipinski definition) is 9. The topological polar surface area (TPSA) is 115 Å². The van der Waals surface area contributed by atoms with E-state index in [1.165, 1.54) is 35.4 Å². The lowest BCUT2D eigenvalue weighted by Crippen LogP contribution is -2.28. The first-order valence-electron chi connectivity index (χ1n) is 14.8. The van der Waals surface area contributed by atoms with Crippen molar-refractivity contribution in [1.29, 1.82) is 0 Å². The summed E-state index contributed by atoms with van der Waals surface area (Å²) in [5, 5.41) is 12.0. The Labute approximate surface area is 286 Å². The van der Waals surface area contributed by atoms with Gasteiger partial charge in [-0.2, -0.15) is 5.10 Å². The van der Waals surface area contributed by atoms with Gasteiger partial charge in [0.25, 0.3) is 11.8 Å². The van der Waals surface area contributed by atoms with Gasteiger partial charge in [-0.1, -0.05) is 25.4 Å². The predicted molar refractivity (Wildman–Crippen MR) is 185 cm³/mol. The summed E-state index contributed by atoms with van der Waals surface area (Å²) in [6.07, 6.45) is 4.70. The molecule has 1 aliphatic heterocycles. The van der Waals surface area contributed by atoms with Gasteiger partial charge in [0, 0.05) is 16.3 Å². The average molecular weight is 691 g/mol. The van der Waals surface area contributed by atoms with Crippen LogP contribution >= 0.6 is 23.4 Å². The molecule has 0 unspecified atom stereocenters. The summed E-state index contributed by atoms with van der Waals surface area (Å²) in [4.78, 5) is 28.0. The van der Waals surface area contributed by atoms with Crippen LogP contribution in [0.3, 0.4) is 0 Å². The highest BCUT2D eigenvalue weighted by Crippen LogP contribution is 2.36. The van der Waals surface area contributed by atoms with Gasteiger partial charge in [0.15, 0.2) is 23.3 Å². The molecule has 5 rings (SSSR count). The molecule has 0 bridgehead atoms. The molecule has 0 radical (unpaired) electrons. The number of furan rings is 1. The molecular formula is C35H32ClFN4O6S. The zero-order valence-electron chi connectivity index (χ0n) is 26.3. The van der Waals surface area contributed by atoms with E-state index in [0.717, 1.165) is 17.3 Å². The van der Waals surface area contributed by atoms with E-state index in [-0.39, 0.29) is 19.1 Å². The van der Waals surface area contributed by atoms with Crippen molar-refractivity contribution in [1.82, 2.24) is 4.90 Å². The molecule has 1 saturated heterocycles. The molecule has 0 saturated carbocycles. The van der Waals surface area contributed by atoms with Gasteiger partial charge in [-0.15, -0.1) is 5.10 Å². The van der Waals surface area contributed by atoms with Gasteiger partial charge in [-0.25, -0.2) is 4.39 Å². The van der Waals surface area contributed by atoms with E-state index in [9.17, 15) is 14.0 Å². The Kier molecular flexibility index (Phi) is 11.5. The molecule has 0 aliphatic carbocycles. The summed E-state index contributed by atoms with van der Waals surface area (Å²) in [5.74, 6) is 1.24. The molecule has 0 spiro atoms. The number of nitrogens with zero attached hydrogens (tertiary/aromatic N) is 3. The molecule has 248 valence electrons. The molecule has 4 aromatic rings. The van der Waals surface area contributed by atoms with Crippen LogP contribution in [0.15, 0.2) is 98.6 Å². The lowest BCUT2D eigenvalue weighted by molar-refractivity contribution is -0.122. The van der Waals surface area contributed by atoms with E-state index in [1.807, 2.05) is 12.1 Å². The first-order chi connectivity index (χ1) is 23.2. The number of carbonyl (C=O) groups excluding carboxylic acids is 2. The number of ether oxygens (including phenoxy) is 3. The Hall–Kier alpha value is -5.07. The number of nitrogens with one attached hydrogen (secondary N) is 1. The number of amides is 2. The first kappa shape index (κ1) is 34.3. The maximum absolute atomic E-state index is 13.7. The summed E-state index contributed by atoms with van der Waals surface area (Å²) in [7, 11) is 1.57. The van der Waals surface area contributed by atoms with E-state index in [4.69, 9.17) is 30.2 Å². The van der Waals surface area contributed by atoms with E-state index in [2.05, 4.69) is 29.4 Å². The summed E-state index contributed by atoms with van der Waals surface area (Å²) in [6.45, 7) is 4.48. The van der Waals surface area contributed by atoms with Gasteiger partial charge in [-0.05, 0) is 102 Å². The third kappa shape index (κ3) is 9.26. The number of anilines is 1. The Bertz CT molecular complexity index is 1840. The van der Waals surface area contributed by atoms with Crippen LogP contribution in [0.2, 0.25) is 5.02 Å². The first-order valence-corrected chi connectivity index (χ1v) is 16.0. The standard InChI is InChI=1S/C35H32ClFN4O6S/c1-22(2)20-46-30-12-6-23(15-31(30)44-3)18-38-40-35-41(19-28-5-4-14-45-28)34(43)32(48-35)17-24-16-25(36)7-13-29(24)47-21-33(42)39-27-10-8-26(37)9-11-27/h4-18,22H,19-21H2,1-3H3,(H,39,42)/b32-17-,38-18-,40-35+. The van der Waals surface area contributed by atoms with Crippen LogP contribution in [0.1, 0.15) is 30.7 Å². The third-order valence-corrected chi connectivity index (χ3v) is 7.87. The molecule has 1 aliphatic rings. The number of methoxy groups -OCH3 is 1. The van der Waals surface area contributed by atoms with Crippen LogP contribution < -0.4 is 19.5 Å². The number of rotatable bonds is 13. The fourth-order valence-electron chi connectivity index (χ4n) is 4.34. The third-order valence-electron chi connectivity index (χ3n) is 6.64. The highest BCUT2D eigenvalue weighted by molar-refractivity contribution is 8.18. The van der Waals surface area contributed by atoms with Crippen molar-refractivity contribution in [2.45, 2.75) is 20.4 Å². The van der Waals surface area contributed by atoms with E-state index < -0.39 is 11.7 Å². The molecule has 48 heavy (non-hydrogen) atoms. The molecule has 0 atom stereocenters. The van der Waals surface area contributed by atoms with E-state index in [1.54, 1.807) is 55.8 Å². The number of benzene rings is 3. The quantitative estimate of drug-likeness (QED) is 0.0871. The smallest absolute Gasteiger partial charge is 0.267 e. The maximum atomic E-state index is 13.7. The van der Waals surface area contributed by atoms with Crippen LogP contribution in [-0.4, -0.2) is 48.4 Å². The second-order valence-corrected chi connectivity index (χ2v) is 12.3. The Morgan fingerprint density at radius 1 is 1.06 bits per heavy atom. The number of hydrogen-bond donors (Lipinski definition) is 1. The number of carbonyl (C=O) groups is 2. The Balaban J connectivity index is 1.35. The van der Waals surface area contributed by atoms with E-state index in [0.29, 0.717) is 61.9 Å². The zero-order chi connectivity index (χ0) is 34.0. The fourth-order valence-corrected chi connectivity index (χ4v) is 5.45. The van der Waals surface area contributed by atoms with Crippen molar-refractivity contribution in [3.05, 3.63) is 112 Å². The van der Waals surface area contributed by atoms with Gasteiger partial charge in [0.1, 0.15) is 17.3 Å². The molecule has 13 heteroatoms. The highest BCUT2D eigenvalue weighted by atomic mass is 35.5. The Morgan fingerprint density at radius 3 is 2.58 bits per heavy atom. The minimum atomic E-state index is -0.450. The van der Waals surface area contributed by atoms with Crippen LogP contribution in [0, 0.1) is 11.7 Å². The largest absolute Gasteiger partial charge is 0.493 e. The lowest BCUT2D eigenvalue weighted by Gasteiger charge is -2.13. The maximum Gasteiger partial charge on any atom is 0.267 e. The molecule has 2 amide bonds. The molecule has 3 aromatic carbocycles. The lowest BCUT2D eigenvalue weighted by atomic mass is 10.2. The molecule has 1 N–H and O–H groups in total. The highest BCUT2D eigenvalue weighted by Gasteiger charge is 2.34. The monoisotopic (exact) mass is 690 g/mol. The molecule has 1 fully saturated rings. The number of thioether (sulfide) groups is 1. The normalized spacial score (nSPS) is 14.8. The van der Waals surface area contributed by atoms with Crippen molar-refractivity contribution >= 4 is 58.3 Å². The molecule has 1 aromatic heterocycles. The van der Waals surface area contributed by atoms with Crippen LogP contribution in [0.5, 0.6) is 17.2 Å². The van der Waals surface area contributed by atoms with Crippen molar-refractivity contribution in [3.8, 4) is 17.2 Å². The van der Waals surface area contributed by atoms with Crippen molar-refractivity contribution in [3.63, 3.8) is 0 Å². The second kappa shape index (κ2) is 16.2. The van der Waals surface area contributed by atoms with E-state index >= 15 is 0 Å². The minimum absolute atomic E-state index is 0.128. The fraction of sp³-hybridized carbons (Fsp3) is 0.200. The van der Waals surface area contributed by atoms with Gasteiger partial charge in [-0.3, -0.25) is 14.5 Å². The molecule has 10 nitrogen and oxygen atoms in total. The van der Waals surface area contributed by atoms with Crippen molar-refractivity contribution < 1.29 is 32.6 Å². The minimum Gasteiger partial charge on any atom is -0.493 e. The van der Waals surface area contributed by atoms with Gasteiger partial charge < -0.3 is 23.9 Å². The number of halogens is 2.